The van der Waals surface area contributed by atoms with E-state index in [1.807, 2.05) is 13.0 Å². The van der Waals surface area contributed by atoms with E-state index in [1.54, 1.807) is 23.7 Å². The van der Waals surface area contributed by atoms with Gasteiger partial charge in [0, 0.05) is 24.3 Å². The number of hydrogen-bond donors (Lipinski definition) is 2. The number of alkyl halides is 6. The third kappa shape index (κ3) is 9.40. The Labute approximate surface area is 209 Å². The second-order valence-corrected chi connectivity index (χ2v) is 8.60. The number of carboxylic acids is 2. The fraction of sp³-hybridized carbons (Fsp3) is 0.550. The zero-order valence-corrected chi connectivity index (χ0v) is 19.9. The maximum atomic E-state index is 10.6. The lowest BCUT2D eigenvalue weighted by Crippen LogP contribution is -2.52. The molecule has 206 valence electrons. The van der Waals surface area contributed by atoms with Crippen LogP contribution in [0.25, 0.3) is 0 Å². The van der Waals surface area contributed by atoms with Crippen LogP contribution in [-0.2, 0) is 25.7 Å². The number of carbonyl (C=O) groups is 2. The minimum atomic E-state index is -5.08. The number of fused-ring (bicyclic) bond motifs is 1. The Morgan fingerprint density at radius 2 is 1.68 bits per heavy atom. The number of halogens is 6. The molecule has 0 spiro atoms. The minimum absolute atomic E-state index is 0.0901. The lowest BCUT2D eigenvalue weighted by atomic mass is 10.1. The van der Waals surface area contributed by atoms with Crippen LogP contribution in [0, 0.1) is 6.92 Å². The van der Waals surface area contributed by atoms with E-state index < -0.39 is 24.3 Å². The lowest BCUT2D eigenvalue weighted by Gasteiger charge is -2.38. The first kappa shape index (κ1) is 30.2. The maximum absolute atomic E-state index is 10.6. The van der Waals surface area contributed by atoms with E-state index in [1.165, 1.54) is 0 Å². The average Bonchev–Trinajstić information content (AvgIpc) is 3.43. The van der Waals surface area contributed by atoms with Crippen LogP contribution in [0.2, 0.25) is 0 Å². The molecule has 3 heterocycles. The molecule has 2 aliphatic rings. The second-order valence-electron chi connectivity index (χ2n) is 7.54. The van der Waals surface area contributed by atoms with Gasteiger partial charge in [-0.25, -0.2) is 24.5 Å². The van der Waals surface area contributed by atoms with Crippen LogP contribution in [0.5, 0.6) is 0 Å². The molecule has 0 aromatic carbocycles. The van der Waals surface area contributed by atoms with E-state index in [4.69, 9.17) is 29.3 Å². The van der Waals surface area contributed by atoms with E-state index in [2.05, 4.69) is 25.2 Å². The summed E-state index contributed by atoms with van der Waals surface area (Å²) in [4.78, 5) is 33.3. The van der Waals surface area contributed by atoms with E-state index in [0.717, 1.165) is 36.0 Å². The molecular formula is C20H22F6N4O6S. The minimum Gasteiger partial charge on any atom is -0.475 e. The molecule has 2 aromatic rings. The largest absolute Gasteiger partial charge is 0.490 e. The Bertz CT molecular complexity index is 999. The van der Waals surface area contributed by atoms with Crippen molar-refractivity contribution in [2.75, 3.05) is 18.1 Å². The molecule has 0 unspecified atom stereocenters. The fourth-order valence-corrected chi connectivity index (χ4v) is 4.05. The molecule has 1 aliphatic carbocycles. The molecule has 0 radical (unpaired) electrons. The van der Waals surface area contributed by atoms with Gasteiger partial charge in [-0.3, -0.25) is 0 Å². The van der Waals surface area contributed by atoms with Crippen molar-refractivity contribution in [2.24, 2.45) is 0 Å². The number of aromatic nitrogens is 3. The summed E-state index contributed by atoms with van der Waals surface area (Å²) in [5, 5.41) is 17.4. The first-order chi connectivity index (χ1) is 17.2. The monoisotopic (exact) mass is 560 g/mol. The Balaban J connectivity index is 0.000000286. The van der Waals surface area contributed by atoms with Gasteiger partial charge in [0.1, 0.15) is 6.10 Å². The van der Waals surface area contributed by atoms with Crippen molar-refractivity contribution in [3.8, 4) is 0 Å². The Morgan fingerprint density at radius 3 is 2.16 bits per heavy atom. The van der Waals surface area contributed by atoms with Crippen LogP contribution in [-0.4, -0.2) is 80.9 Å². The van der Waals surface area contributed by atoms with Gasteiger partial charge in [-0.1, -0.05) is 0 Å². The first-order valence-electron chi connectivity index (χ1n) is 10.5. The molecule has 4 rings (SSSR count). The smallest absolute Gasteiger partial charge is 0.475 e. The number of anilines is 1. The van der Waals surface area contributed by atoms with Gasteiger partial charge >= 0.3 is 24.3 Å². The molecule has 2 fully saturated rings. The standard InChI is InChI=1S/C16H20N4O2S.2C2HF3O2/c1-11-19-12(10-23-11)9-22-14-4-3-13-15(14)21-8-7-20(13)16-17-5-2-6-18-16;2*3-2(4,5)1(6)7/h2,5-6,10,13-15H,3-4,7-9H2,1H3;2*(H,6,7)/t13-,14+,15+;;/m0../s1. The van der Waals surface area contributed by atoms with E-state index >= 15 is 0 Å². The van der Waals surface area contributed by atoms with Gasteiger partial charge in [0.2, 0.25) is 5.95 Å². The molecule has 2 N–H and O–H groups in total. The van der Waals surface area contributed by atoms with Gasteiger partial charge in [-0.15, -0.1) is 11.3 Å². The number of nitrogens with zero attached hydrogens (tertiary/aromatic N) is 4. The average molecular weight is 560 g/mol. The number of carboxylic acid groups (broad SMARTS) is 2. The summed E-state index contributed by atoms with van der Waals surface area (Å²) in [6, 6.07) is 2.14. The highest BCUT2D eigenvalue weighted by atomic mass is 32.1. The van der Waals surface area contributed by atoms with Crippen LogP contribution in [0.15, 0.2) is 23.8 Å². The normalized spacial score (nSPS) is 21.2. The number of ether oxygens (including phenoxy) is 2. The molecule has 10 nitrogen and oxygen atoms in total. The van der Waals surface area contributed by atoms with Crippen molar-refractivity contribution in [2.45, 2.75) is 57.0 Å². The second kappa shape index (κ2) is 13.0. The SMILES string of the molecule is Cc1nc(CO[C@@H]2CC[C@H]3[C@H]2OCCN3c2ncccn2)cs1.O=C(O)C(F)(F)F.O=C(O)C(F)(F)F. The van der Waals surface area contributed by atoms with Gasteiger partial charge in [0.05, 0.1) is 36.1 Å². The van der Waals surface area contributed by atoms with Crippen LogP contribution in [0.4, 0.5) is 32.3 Å². The predicted molar refractivity (Wildman–Crippen MR) is 115 cm³/mol. The number of aryl methyl sites for hydroxylation is 1. The summed E-state index contributed by atoms with van der Waals surface area (Å²) in [6.45, 7) is 4.10. The first-order valence-corrected chi connectivity index (χ1v) is 11.4. The van der Waals surface area contributed by atoms with Crippen molar-refractivity contribution in [3.05, 3.63) is 34.5 Å². The highest BCUT2D eigenvalue weighted by molar-refractivity contribution is 7.09. The van der Waals surface area contributed by atoms with Gasteiger partial charge in [0.25, 0.3) is 0 Å². The molecular weight excluding hydrogens is 538 g/mol. The highest BCUT2D eigenvalue weighted by Gasteiger charge is 2.44. The highest BCUT2D eigenvalue weighted by Crippen LogP contribution is 2.34. The Morgan fingerprint density at radius 1 is 1.11 bits per heavy atom. The zero-order chi connectivity index (χ0) is 27.8. The maximum Gasteiger partial charge on any atom is 0.490 e. The molecule has 37 heavy (non-hydrogen) atoms. The van der Waals surface area contributed by atoms with E-state index in [9.17, 15) is 26.3 Å². The van der Waals surface area contributed by atoms with Crippen LogP contribution < -0.4 is 4.90 Å². The molecule has 3 atom stereocenters. The number of rotatable bonds is 4. The Hall–Kier alpha value is -3.05. The van der Waals surface area contributed by atoms with Crippen molar-refractivity contribution < 1.29 is 55.6 Å². The number of aliphatic carboxylic acids is 2. The lowest BCUT2D eigenvalue weighted by molar-refractivity contribution is -0.193. The van der Waals surface area contributed by atoms with E-state index in [0.29, 0.717) is 19.3 Å². The summed E-state index contributed by atoms with van der Waals surface area (Å²) < 4.78 is 75.6. The summed E-state index contributed by atoms with van der Waals surface area (Å²) in [5.74, 6) is -4.72. The third-order valence-electron chi connectivity index (χ3n) is 4.94. The summed E-state index contributed by atoms with van der Waals surface area (Å²) in [5.41, 5.74) is 1.01. The zero-order valence-electron chi connectivity index (χ0n) is 19.1. The van der Waals surface area contributed by atoms with Gasteiger partial charge in [0.15, 0.2) is 0 Å². The molecule has 1 saturated carbocycles. The quantitative estimate of drug-likeness (QED) is 0.536. The molecule has 17 heteroatoms. The summed E-state index contributed by atoms with van der Waals surface area (Å²) >= 11 is 1.66. The van der Waals surface area contributed by atoms with E-state index in [-0.39, 0.29) is 12.2 Å². The van der Waals surface area contributed by atoms with Crippen molar-refractivity contribution in [1.82, 2.24) is 15.0 Å². The Kier molecular flexibility index (Phi) is 10.6. The van der Waals surface area contributed by atoms with Gasteiger partial charge in [-0.05, 0) is 25.8 Å². The molecule has 0 bridgehead atoms. The van der Waals surface area contributed by atoms with Gasteiger partial charge in [-0.2, -0.15) is 26.3 Å². The van der Waals surface area contributed by atoms with Gasteiger partial charge < -0.3 is 24.6 Å². The third-order valence-corrected chi connectivity index (χ3v) is 5.76. The van der Waals surface area contributed by atoms with Crippen LogP contribution >= 0.6 is 11.3 Å². The number of hydrogen-bond acceptors (Lipinski definition) is 9. The topological polar surface area (TPSA) is 135 Å². The number of morpholine rings is 1. The fourth-order valence-electron chi connectivity index (χ4n) is 3.45. The van der Waals surface area contributed by atoms with Crippen molar-refractivity contribution in [3.63, 3.8) is 0 Å². The number of thiazole rings is 1. The molecule has 2 aromatic heterocycles. The molecule has 1 aliphatic heterocycles. The molecule has 0 amide bonds. The van der Waals surface area contributed by atoms with Crippen molar-refractivity contribution in [1.29, 1.82) is 0 Å². The van der Waals surface area contributed by atoms with Crippen LogP contribution in [0.3, 0.4) is 0 Å². The van der Waals surface area contributed by atoms with Crippen LogP contribution in [0.1, 0.15) is 23.5 Å². The summed E-state index contributed by atoms with van der Waals surface area (Å²) in [7, 11) is 0. The molecule has 1 saturated heterocycles. The summed E-state index contributed by atoms with van der Waals surface area (Å²) in [6.07, 6.45) is -4.33. The van der Waals surface area contributed by atoms with Crippen molar-refractivity contribution >= 4 is 29.2 Å². The predicted octanol–water partition coefficient (Wildman–Crippen LogP) is 3.46.